The van der Waals surface area contributed by atoms with E-state index in [1.165, 1.54) is 0 Å². The fourth-order valence-electron chi connectivity index (χ4n) is 2.77. The van der Waals surface area contributed by atoms with Gasteiger partial charge in [-0.15, -0.1) is 24.8 Å². The van der Waals surface area contributed by atoms with Crippen molar-refractivity contribution < 1.29 is 9.90 Å². The number of carbonyl (C=O) groups is 1. The summed E-state index contributed by atoms with van der Waals surface area (Å²) in [4.78, 5) is 16.3. The number of aromatic carboxylic acids is 1. The lowest BCUT2D eigenvalue weighted by atomic mass is 9.90. The fraction of sp³-hybridized carbons (Fsp3) is 0.333. The van der Waals surface area contributed by atoms with E-state index in [1.54, 1.807) is 19.1 Å². The Balaban J connectivity index is 0.00000288. The van der Waals surface area contributed by atoms with Crippen molar-refractivity contribution in [3.05, 3.63) is 51.8 Å². The zero-order chi connectivity index (χ0) is 17.1. The van der Waals surface area contributed by atoms with Gasteiger partial charge in [0.15, 0.2) is 0 Å². The van der Waals surface area contributed by atoms with Gasteiger partial charge in [-0.05, 0) is 42.5 Å². The van der Waals surface area contributed by atoms with Gasteiger partial charge in [-0.3, -0.25) is 4.98 Å². The highest BCUT2D eigenvalue weighted by Gasteiger charge is 2.23. The Morgan fingerprint density at radius 1 is 1.24 bits per heavy atom. The molecular weight excluding hydrogens is 383 g/mol. The molecule has 0 amide bonds. The van der Waals surface area contributed by atoms with Crippen molar-refractivity contribution in [2.75, 3.05) is 0 Å². The summed E-state index contributed by atoms with van der Waals surface area (Å²) in [7, 11) is 0. The van der Waals surface area contributed by atoms with Crippen molar-refractivity contribution in [3.8, 4) is 11.1 Å². The third kappa shape index (κ3) is 5.32. The van der Waals surface area contributed by atoms with E-state index in [1.807, 2.05) is 12.1 Å². The molecule has 0 fully saturated rings. The molecule has 0 unspecified atom stereocenters. The average molecular weight is 406 g/mol. The number of rotatable bonds is 5. The molecule has 7 heteroatoms. The van der Waals surface area contributed by atoms with Gasteiger partial charge in [-0.2, -0.15) is 0 Å². The number of pyridine rings is 1. The summed E-state index contributed by atoms with van der Waals surface area (Å²) in [5.74, 6) is -0.591. The summed E-state index contributed by atoms with van der Waals surface area (Å²) in [6, 6.07) is 7.14. The molecule has 3 N–H and O–H groups in total. The van der Waals surface area contributed by atoms with Gasteiger partial charge in [0.2, 0.25) is 0 Å². The van der Waals surface area contributed by atoms with Crippen LogP contribution < -0.4 is 5.73 Å². The van der Waals surface area contributed by atoms with Crippen LogP contribution >= 0.6 is 36.4 Å². The van der Waals surface area contributed by atoms with Crippen molar-refractivity contribution in [1.29, 1.82) is 0 Å². The predicted octanol–water partition coefficient (Wildman–Crippen LogP) is 4.91. The zero-order valence-electron chi connectivity index (χ0n) is 14.4. The molecule has 4 nitrogen and oxygen atoms in total. The molecule has 138 valence electrons. The van der Waals surface area contributed by atoms with Gasteiger partial charge in [-0.25, -0.2) is 4.79 Å². The van der Waals surface area contributed by atoms with Gasteiger partial charge in [-0.1, -0.05) is 37.6 Å². The Hall–Kier alpha value is -1.33. The Morgan fingerprint density at radius 3 is 2.24 bits per heavy atom. The average Bonchev–Trinajstić information content (AvgIpc) is 2.46. The molecule has 0 atom stereocenters. The summed E-state index contributed by atoms with van der Waals surface area (Å²) in [5, 5.41) is 10.3. The normalized spacial score (nSPS) is 10.2. The van der Waals surface area contributed by atoms with E-state index in [4.69, 9.17) is 17.3 Å². The molecule has 0 saturated carbocycles. The second kappa shape index (κ2) is 9.97. The third-order valence-electron chi connectivity index (χ3n) is 3.72. The van der Waals surface area contributed by atoms with Crippen LogP contribution in [0.2, 0.25) is 5.02 Å². The van der Waals surface area contributed by atoms with Crippen molar-refractivity contribution in [2.45, 2.75) is 33.7 Å². The van der Waals surface area contributed by atoms with E-state index < -0.39 is 5.97 Å². The van der Waals surface area contributed by atoms with Gasteiger partial charge >= 0.3 is 5.97 Å². The topological polar surface area (TPSA) is 76.2 Å². The van der Waals surface area contributed by atoms with Crippen molar-refractivity contribution in [3.63, 3.8) is 0 Å². The molecule has 1 aromatic heterocycles. The Morgan fingerprint density at radius 2 is 1.80 bits per heavy atom. The van der Waals surface area contributed by atoms with Crippen LogP contribution in [0.25, 0.3) is 11.1 Å². The molecule has 2 rings (SSSR count). The lowest BCUT2D eigenvalue weighted by Gasteiger charge is -2.19. The van der Waals surface area contributed by atoms with E-state index >= 15 is 0 Å². The number of carboxylic acid groups (broad SMARTS) is 1. The lowest BCUT2D eigenvalue weighted by molar-refractivity contribution is 0.0696. The van der Waals surface area contributed by atoms with Crippen LogP contribution in [0.5, 0.6) is 0 Å². The first-order valence-electron chi connectivity index (χ1n) is 7.56. The first-order chi connectivity index (χ1) is 10.8. The quantitative estimate of drug-likeness (QED) is 0.741. The molecule has 2 aromatic rings. The van der Waals surface area contributed by atoms with E-state index in [0.717, 1.165) is 23.2 Å². The number of aryl methyl sites for hydroxylation is 1. The van der Waals surface area contributed by atoms with Gasteiger partial charge in [0.1, 0.15) is 0 Å². The molecule has 25 heavy (non-hydrogen) atoms. The molecule has 1 heterocycles. The predicted molar refractivity (Wildman–Crippen MR) is 107 cm³/mol. The van der Waals surface area contributed by atoms with E-state index in [0.29, 0.717) is 22.2 Å². The highest BCUT2D eigenvalue weighted by Crippen LogP contribution is 2.33. The summed E-state index contributed by atoms with van der Waals surface area (Å²) in [6.45, 7) is 6.18. The van der Waals surface area contributed by atoms with E-state index in [2.05, 4.69) is 18.8 Å². The number of nitrogens with two attached hydrogens (primary N) is 1. The van der Waals surface area contributed by atoms with Crippen LogP contribution in [-0.2, 0) is 13.0 Å². The SMILES string of the molecule is Cc1nc(CC(C)C)c(CN)c(-c2ccc(Cl)cc2)c1C(=O)O.Cl.Cl. The highest BCUT2D eigenvalue weighted by molar-refractivity contribution is 6.30. The minimum atomic E-state index is -0.995. The number of hydrogen-bond donors (Lipinski definition) is 2. The minimum Gasteiger partial charge on any atom is -0.478 e. The number of nitrogens with zero attached hydrogens (tertiary/aromatic N) is 1. The standard InChI is InChI=1S/C18H21ClN2O2.2ClH/c1-10(2)8-15-14(9-20)17(12-4-6-13(19)7-5-12)16(18(22)23)11(3)21-15;;/h4-7,10H,8-9,20H2,1-3H3,(H,22,23);2*1H. The van der Waals surface area contributed by atoms with Crippen LogP contribution in [0.15, 0.2) is 24.3 Å². The summed E-state index contributed by atoms with van der Waals surface area (Å²) in [6.07, 6.45) is 0.758. The molecule has 0 aliphatic heterocycles. The lowest BCUT2D eigenvalue weighted by Crippen LogP contribution is -2.15. The number of hydrogen-bond acceptors (Lipinski definition) is 3. The van der Waals surface area contributed by atoms with Gasteiger partial charge in [0, 0.05) is 22.8 Å². The van der Waals surface area contributed by atoms with Crippen LogP contribution in [0.3, 0.4) is 0 Å². The Kier molecular flexibility index (Phi) is 9.44. The highest BCUT2D eigenvalue weighted by atomic mass is 35.5. The summed E-state index contributed by atoms with van der Waals surface area (Å²) < 4.78 is 0. The van der Waals surface area contributed by atoms with Crippen LogP contribution in [0.4, 0.5) is 0 Å². The van der Waals surface area contributed by atoms with Gasteiger partial charge in [0.25, 0.3) is 0 Å². The molecular formula is C18H23Cl3N2O2. The number of aromatic nitrogens is 1. The maximum atomic E-state index is 11.8. The second-order valence-electron chi connectivity index (χ2n) is 5.99. The van der Waals surface area contributed by atoms with Crippen molar-refractivity contribution >= 4 is 42.4 Å². The minimum absolute atomic E-state index is 0. The second-order valence-corrected chi connectivity index (χ2v) is 6.42. The third-order valence-corrected chi connectivity index (χ3v) is 3.97. The van der Waals surface area contributed by atoms with Crippen LogP contribution in [-0.4, -0.2) is 16.1 Å². The van der Waals surface area contributed by atoms with Crippen LogP contribution in [0, 0.1) is 12.8 Å². The van der Waals surface area contributed by atoms with Crippen LogP contribution in [0.1, 0.15) is 41.2 Å². The molecule has 1 aromatic carbocycles. The van der Waals surface area contributed by atoms with E-state index in [9.17, 15) is 9.90 Å². The molecule has 0 aliphatic carbocycles. The Labute approximate surface area is 165 Å². The number of halogens is 3. The van der Waals surface area contributed by atoms with Crippen molar-refractivity contribution in [1.82, 2.24) is 4.98 Å². The van der Waals surface area contributed by atoms with Gasteiger partial charge in [0.05, 0.1) is 11.3 Å². The first kappa shape index (κ1) is 23.7. The van der Waals surface area contributed by atoms with E-state index in [-0.39, 0.29) is 36.9 Å². The molecule has 0 bridgehead atoms. The number of carboxylic acids is 1. The molecule has 0 radical (unpaired) electrons. The molecule has 0 saturated heterocycles. The molecule has 0 spiro atoms. The Bertz CT molecular complexity index is 732. The first-order valence-corrected chi connectivity index (χ1v) is 7.94. The zero-order valence-corrected chi connectivity index (χ0v) is 16.8. The fourth-order valence-corrected chi connectivity index (χ4v) is 2.90. The number of benzene rings is 1. The summed E-state index contributed by atoms with van der Waals surface area (Å²) in [5.41, 5.74) is 9.79. The summed E-state index contributed by atoms with van der Waals surface area (Å²) >= 11 is 5.95. The largest absolute Gasteiger partial charge is 0.478 e. The van der Waals surface area contributed by atoms with Crippen molar-refractivity contribution in [2.24, 2.45) is 11.7 Å². The maximum absolute atomic E-state index is 11.8. The van der Waals surface area contributed by atoms with Gasteiger partial charge < -0.3 is 10.8 Å². The smallest absolute Gasteiger partial charge is 0.338 e. The monoisotopic (exact) mass is 404 g/mol. The maximum Gasteiger partial charge on any atom is 0.338 e. The molecule has 0 aliphatic rings.